The molecule has 1 aliphatic heterocycles. The van der Waals surface area contributed by atoms with Crippen molar-refractivity contribution in [1.29, 1.82) is 0 Å². The number of nitrogens with zero attached hydrogens (tertiary/aromatic N) is 1. The molecule has 0 aromatic heterocycles. The van der Waals surface area contributed by atoms with Gasteiger partial charge in [0, 0.05) is 19.1 Å². The molecule has 20 heavy (non-hydrogen) atoms. The molecule has 0 spiro atoms. The van der Waals surface area contributed by atoms with Gasteiger partial charge in [-0.25, -0.2) is 0 Å². The molecule has 1 amide bonds. The maximum atomic E-state index is 12.3. The Balaban J connectivity index is 1.82. The second kappa shape index (κ2) is 7.44. The summed E-state index contributed by atoms with van der Waals surface area (Å²) in [6, 6.07) is 0.535. The smallest absolute Gasteiger partial charge is 0.236 e. The summed E-state index contributed by atoms with van der Waals surface area (Å²) in [5.41, 5.74) is 0. The number of carbonyl (C=O) groups excluding carboxylic acids is 1. The Morgan fingerprint density at radius 3 is 2.55 bits per heavy atom. The third-order valence-corrected chi connectivity index (χ3v) is 5.25. The van der Waals surface area contributed by atoms with Crippen LogP contribution in [0.5, 0.6) is 0 Å². The molecule has 1 aliphatic carbocycles. The van der Waals surface area contributed by atoms with Crippen LogP contribution in [0.3, 0.4) is 0 Å². The normalized spacial score (nSPS) is 31.6. The summed E-state index contributed by atoms with van der Waals surface area (Å²) < 4.78 is 0. The van der Waals surface area contributed by atoms with Crippen molar-refractivity contribution in [3.63, 3.8) is 0 Å². The van der Waals surface area contributed by atoms with Gasteiger partial charge in [0.15, 0.2) is 0 Å². The van der Waals surface area contributed by atoms with Gasteiger partial charge < -0.3 is 10.2 Å². The van der Waals surface area contributed by atoms with Gasteiger partial charge in [-0.1, -0.05) is 27.2 Å². The number of hydrogen-bond acceptors (Lipinski definition) is 2. The molecule has 0 aromatic rings. The summed E-state index contributed by atoms with van der Waals surface area (Å²) in [6.07, 6.45) is 7.54. The Labute approximate surface area is 124 Å². The number of amides is 1. The van der Waals surface area contributed by atoms with Crippen LogP contribution in [0.25, 0.3) is 0 Å². The predicted molar refractivity (Wildman–Crippen MR) is 83.6 cm³/mol. The minimum absolute atomic E-state index is 0.311. The zero-order valence-corrected chi connectivity index (χ0v) is 13.5. The molecule has 1 N–H and O–H groups in total. The maximum Gasteiger partial charge on any atom is 0.236 e. The van der Waals surface area contributed by atoms with Crippen LogP contribution in [-0.4, -0.2) is 36.5 Å². The van der Waals surface area contributed by atoms with E-state index in [1.165, 1.54) is 38.5 Å². The minimum atomic E-state index is 0.311. The largest absolute Gasteiger partial charge is 0.342 e. The first-order valence-electron chi connectivity index (χ1n) is 8.59. The van der Waals surface area contributed by atoms with E-state index < -0.39 is 0 Å². The Bertz CT molecular complexity index is 310. The molecule has 2 fully saturated rings. The van der Waals surface area contributed by atoms with Crippen LogP contribution >= 0.6 is 0 Å². The van der Waals surface area contributed by atoms with Crippen molar-refractivity contribution in [3.8, 4) is 0 Å². The fraction of sp³-hybridized carbons (Fsp3) is 0.941. The summed E-state index contributed by atoms with van der Waals surface area (Å²) in [5, 5.41) is 3.59. The molecule has 0 bridgehead atoms. The van der Waals surface area contributed by atoms with Crippen LogP contribution in [0, 0.1) is 17.8 Å². The summed E-state index contributed by atoms with van der Waals surface area (Å²) in [4.78, 5) is 14.3. The lowest BCUT2D eigenvalue weighted by Crippen LogP contribution is -2.48. The SMILES string of the molecule is CC1CCC(C(C)C)C(NCC(=O)N2CCCCC2)C1. The van der Waals surface area contributed by atoms with Crippen molar-refractivity contribution in [2.24, 2.45) is 17.8 Å². The average Bonchev–Trinajstić information content (AvgIpc) is 2.45. The highest BCUT2D eigenvalue weighted by atomic mass is 16.2. The second-order valence-corrected chi connectivity index (χ2v) is 7.25. The number of hydrogen-bond donors (Lipinski definition) is 1. The van der Waals surface area contributed by atoms with Gasteiger partial charge in [-0.05, 0) is 49.9 Å². The summed E-state index contributed by atoms with van der Waals surface area (Å²) in [7, 11) is 0. The van der Waals surface area contributed by atoms with Crippen LogP contribution in [0.2, 0.25) is 0 Å². The molecule has 0 radical (unpaired) electrons. The quantitative estimate of drug-likeness (QED) is 0.858. The minimum Gasteiger partial charge on any atom is -0.342 e. The fourth-order valence-electron chi connectivity index (χ4n) is 3.91. The molecule has 2 rings (SSSR count). The molecular weight excluding hydrogens is 248 g/mol. The lowest BCUT2D eigenvalue weighted by atomic mass is 9.74. The molecule has 3 heteroatoms. The van der Waals surface area contributed by atoms with Crippen molar-refractivity contribution in [2.45, 2.75) is 65.3 Å². The van der Waals surface area contributed by atoms with Gasteiger partial charge in [0.05, 0.1) is 6.54 Å². The standard InChI is InChI=1S/C17H32N2O/c1-13(2)15-8-7-14(3)11-16(15)18-12-17(20)19-9-5-4-6-10-19/h13-16,18H,4-12H2,1-3H3. The molecule has 3 nitrogen and oxygen atoms in total. The number of carbonyl (C=O) groups is 1. The van der Waals surface area contributed by atoms with E-state index in [0.29, 0.717) is 24.4 Å². The van der Waals surface area contributed by atoms with E-state index in [1.807, 2.05) is 4.90 Å². The van der Waals surface area contributed by atoms with Crippen molar-refractivity contribution >= 4 is 5.91 Å². The number of rotatable bonds is 4. The van der Waals surface area contributed by atoms with E-state index in [2.05, 4.69) is 26.1 Å². The third kappa shape index (κ3) is 4.21. The summed E-state index contributed by atoms with van der Waals surface area (Å²) in [6.45, 7) is 9.46. The second-order valence-electron chi connectivity index (χ2n) is 7.25. The zero-order chi connectivity index (χ0) is 14.5. The Morgan fingerprint density at radius 2 is 1.90 bits per heavy atom. The van der Waals surface area contributed by atoms with Gasteiger partial charge in [0.1, 0.15) is 0 Å². The van der Waals surface area contributed by atoms with Crippen LogP contribution in [-0.2, 0) is 4.79 Å². The van der Waals surface area contributed by atoms with Crippen LogP contribution < -0.4 is 5.32 Å². The van der Waals surface area contributed by atoms with E-state index >= 15 is 0 Å². The van der Waals surface area contributed by atoms with Crippen LogP contribution in [0.15, 0.2) is 0 Å². The van der Waals surface area contributed by atoms with Crippen LogP contribution in [0.1, 0.15) is 59.3 Å². The lowest BCUT2D eigenvalue weighted by molar-refractivity contribution is -0.131. The first-order valence-corrected chi connectivity index (χ1v) is 8.59. The summed E-state index contributed by atoms with van der Waals surface area (Å²) in [5.74, 6) is 2.56. The highest BCUT2D eigenvalue weighted by Crippen LogP contribution is 2.33. The Kier molecular flexibility index (Phi) is 5.88. The third-order valence-electron chi connectivity index (χ3n) is 5.25. The molecule has 1 saturated heterocycles. The van der Waals surface area contributed by atoms with Crippen molar-refractivity contribution in [1.82, 2.24) is 10.2 Å². The van der Waals surface area contributed by atoms with E-state index in [1.54, 1.807) is 0 Å². The first-order chi connectivity index (χ1) is 9.58. The average molecular weight is 280 g/mol. The van der Waals surface area contributed by atoms with Gasteiger partial charge in [0.25, 0.3) is 0 Å². The molecule has 3 atom stereocenters. The fourth-order valence-corrected chi connectivity index (χ4v) is 3.91. The zero-order valence-electron chi connectivity index (χ0n) is 13.5. The van der Waals surface area contributed by atoms with Crippen molar-refractivity contribution in [2.75, 3.05) is 19.6 Å². The highest BCUT2D eigenvalue weighted by Gasteiger charge is 2.31. The molecule has 116 valence electrons. The number of nitrogens with one attached hydrogen (secondary N) is 1. The lowest BCUT2D eigenvalue weighted by Gasteiger charge is -2.38. The van der Waals surface area contributed by atoms with Gasteiger partial charge in [-0.15, -0.1) is 0 Å². The molecule has 0 aromatic carbocycles. The molecular formula is C17H32N2O. The van der Waals surface area contributed by atoms with E-state index in [-0.39, 0.29) is 0 Å². The monoisotopic (exact) mass is 280 g/mol. The number of likely N-dealkylation sites (tertiary alicyclic amines) is 1. The highest BCUT2D eigenvalue weighted by molar-refractivity contribution is 5.78. The van der Waals surface area contributed by atoms with Gasteiger partial charge in [-0.3, -0.25) is 4.79 Å². The van der Waals surface area contributed by atoms with E-state index in [9.17, 15) is 4.79 Å². The van der Waals surface area contributed by atoms with Crippen molar-refractivity contribution in [3.05, 3.63) is 0 Å². The molecule has 1 saturated carbocycles. The van der Waals surface area contributed by atoms with Crippen LogP contribution in [0.4, 0.5) is 0 Å². The van der Waals surface area contributed by atoms with Gasteiger partial charge >= 0.3 is 0 Å². The Hall–Kier alpha value is -0.570. The predicted octanol–water partition coefficient (Wildman–Crippen LogP) is 3.05. The maximum absolute atomic E-state index is 12.3. The molecule has 3 unspecified atom stereocenters. The van der Waals surface area contributed by atoms with E-state index in [4.69, 9.17) is 0 Å². The molecule has 1 heterocycles. The topological polar surface area (TPSA) is 32.3 Å². The summed E-state index contributed by atoms with van der Waals surface area (Å²) >= 11 is 0. The first kappa shape index (κ1) is 15.8. The van der Waals surface area contributed by atoms with Gasteiger partial charge in [-0.2, -0.15) is 0 Å². The Morgan fingerprint density at radius 1 is 1.20 bits per heavy atom. The van der Waals surface area contributed by atoms with E-state index in [0.717, 1.165) is 24.9 Å². The van der Waals surface area contributed by atoms with Gasteiger partial charge in [0.2, 0.25) is 5.91 Å². The number of piperidine rings is 1. The van der Waals surface area contributed by atoms with Crippen molar-refractivity contribution < 1.29 is 4.79 Å². The molecule has 2 aliphatic rings.